The van der Waals surface area contributed by atoms with E-state index in [0.29, 0.717) is 9.26 Å². The summed E-state index contributed by atoms with van der Waals surface area (Å²) in [5.74, 6) is -0.731. The standard InChI is InChI=1S/C12H15IN2O4/c1-7(2)11(6-12(16)17)14-10-4-3-8(15(18)19)5-9(10)13/h3-5,7,11,14H,6H2,1-2H3,(H,16,17). The summed E-state index contributed by atoms with van der Waals surface area (Å²) in [7, 11) is 0. The second kappa shape index (κ2) is 6.69. The molecule has 0 amide bonds. The number of nitrogens with one attached hydrogen (secondary N) is 1. The van der Waals surface area contributed by atoms with Crippen molar-refractivity contribution < 1.29 is 14.8 Å². The van der Waals surface area contributed by atoms with Crippen molar-refractivity contribution in [3.8, 4) is 0 Å². The highest BCUT2D eigenvalue weighted by molar-refractivity contribution is 14.1. The number of nitro benzene ring substituents is 1. The molecule has 0 spiro atoms. The van der Waals surface area contributed by atoms with Crippen LogP contribution in [0.5, 0.6) is 0 Å². The fourth-order valence-electron chi connectivity index (χ4n) is 1.58. The van der Waals surface area contributed by atoms with Gasteiger partial charge in [-0.15, -0.1) is 0 Å². The van der Waals surface area contributed by atoms with Crippen molar-refractivity contribution in [1.29, 1.82) is 0 Å². The number of carboxylic acid groups (broad SMARTS) is 1. The van der Waals surface area contributed by atoms with Gasteiger partial charge >= 0.3 is 5.97 Å². The Hall–Kier alpha value is -1.38. The van der Waals surface area contributed by atoms with E-state index in [1.54, 1.807) is 6.07 Å². The van der Waals surface area contributed by atoms with Gasteiger partial charge in [0.2, 0.25) is 0 Å². The second-order valence-electron chi connectivity index (χ2n) is 4.51. The first-order valence-corrected chi connectivity index (χ1v) is 6.81. The molecule has 1 aromatic carbocycles. The van der Waals surface area contributed by atoms with Gasteiger partial charge in [0.15, 0.2) is 0 Å². The van der Waals surface area contributed by atoms with Gasteiger partial charge in [0.25, 0.3) is 5.69 Å². The molecule has 0 aromatic heterocycles. The number of anilines is 1. The molecular formula is C12H15IN2O4. The highest BCUT2D eigenvalue weighted by Crippen LogP contribution is 2.25. The number of halogens is 1. The van der Waals surface area contributed by atoms with E-state index in [1.807, 2.05) is 36.4 Å². The fourth-order valence-corrected chi connectivity index (χ4v) is 2.23. The Balaban J connectivity index is 2.91. The van der Waals surface area contributed by atoms with Crippen LogP contribution < -0.4 is 5.32 Å². The van der Waals surface area contributed by atoms with Crippen molar-refractivity contribution >= 4 is 39.9 Å². The smallest absolute Gasteiger partial charge is 0.305 e. The van der Waals surface area contributed by atoms with Gasteiger partial charge in [0.05, 0.1) is 11.3 Å². The van der Waals surface area contributed by atoms with Crippen molar-refractivity contribution in [2.24, 2.45) is 5.92 Å². The summed E-state index contributed by atoms with van der Waals surface area (Å²) in [6.07, 6.45) is 0.00470. The maximum Gasteiger partial charge on any atom is 0.305 e. The van der Waals surface area contributed by atoms with E-state index in [1.165, 1.54) is 12.1 Å². The van der Waals surface area contributed by atoms with Gasteiger partial charge in [0.1, 0.15) is 0 Å². The first-order valence-electron chi connectivity index (χ1n) is 5.73. The average Bonchev–Trinajstić information content (AvgIpc) is 2.29. The maximum atomic E-state index is 10.8. The summed E-state index contributed by atoms with van der Waals surface area (Å²) in [6.45, 7) is 3.86. The van der Waals surface area contributed by atoms with Crippen LogP contribution in [0.15, 0.2) is 18.2 Å². The largest absolute Gasteiger partial charge is 0.481 e. The van der Waals surface area contributed by atoms with Gasteiger partial charge in [0, 0.05) is 27.4 Å². The van der Waals surface area contributed by atoms with Gasteiger partial charge in [-0.25, -0.2) is 0 Å². The van der Waals surface area contributed by atoms with Gasteiger partial charge in [-0.1, -0.05) is 13.8 Å². The summed E-state index contributed by atoms with van der Waals surface area (Å²) in [4.78, 5) is 21.0. The number of hydrogen-bond acceptors (Lipinski definition) is 4. The number of non-ortho nitro benzene ring substituents is 1. The predicted octanol–water partition coefficient (Wildman–Crippen LogP) is 3.11. The van der Waals surface area contributed by atoms with Crippen LogP contribution in [0.2, 0.25) is 0 Å². The predicted molar refractivity (Wildman–Crippen MR) is 80.3 cm³/mol. The van der Waals surface area contributed by atoms with E-state index in [2.05, 4.69) is 5.32 Å². The maximum absolute atomic E-state index is 10.8. The lowest BCUT2D eigenvalue weighted by molar-refractivity contribution is -0.384. The van der Waals surface area contributed by atoms with Gasteiger partial charge in [-0.3, -0.25) is 14.9 Å². The number of rotatable bonds is 6. The molecule has 0 saturated carbocycles. The molecule has 0 aliphatic heterocycles. The molecule has 0 heterocycles. The molecule has 0 fully saturated rings. The number of benzene rings is 1. The lowest BCUT2D eigenvalue weighted by atomic mass is 10.0. The van der Waals surface area contributed by atoms with Crippen LogP contribution in [0.3, 0.4) is 0 Å². The Bertz CT molecular complexity index is 491. The van der Waals surface area contributed by atoms with E-state index >= 15 is 0 Å². The summed E-state index contributed by atoms with van der Waals surface area (Å²) in [6, 6.07) is 4.26. The van der Waals surface area contributed by atoms with Crippen LogP contribution in [0.4, 0.5) is 11.4 Å². The number of nitro groups is 1. The van der Waals surface area contributed by atoms with Crippen LogP contribution in [-0.2, 0) is 4.79 Å². The molecule has 7 heteroatoms. The zero-order chi connectivity index (χ0) is 14.6. The Morgan fingerprint density at radius 2 is 2.16 bits per heavy atom. The van der Waals surface area contributed by atoms with E-state index in [0.717, 1.165) is 0 Å². The molecule has 0 aliphatic rings. The van der Waals surface area contributed by atoms with E-state index in [9.17, 15) is 14.9 Å². The van der Waals surface area contributed by atoms with E-state index in [4.69, 9.17) is 5.11 Å². The number of aliphatic carboxylic acids is 1. The molecule has 104 valence electrons. The van der Waals surface area contributed by atoms with E-state index in [-0.39, 0.29) is 24.1 Å². The third-order valence-corrected chi connectivity index (χ3v) is 3.60. The SMILES string of the molecule is CC(C)C(CC(=O)O)Nc1ccc([N+](=O)[O-])cc1I. The molecule has 0 radical (unpaired) electrons. The molecule has 1 atom stereocenters. The van der Waals surface area contributed by atoms with Crippen LogP contribution in [0, 0.1) is 19.6 Å². The molecule has 6 nitrogen and oxygen atoms in total. The normalized spacial score (nSPS) is 12.2. The monoisotopic (exact) mass is 378 g/mol. The third-order valence-electron chi connectivity index (χ3n) is 2.70. The van der Waals surface area contributed by atoms with Crippen LogP contribution in [0.25, 0.3) is 0 Å². The lowest BCUT2D eigenvalue weighted by Crippen LogP contribution is -2.28. The zero-order valence-electron chi connectivity index (χ0n) is 10.6. The molecule has 1 rings (SSSR count). The minimum atomic E-state index is -0.872. The number of carbonyl (C=O) groups is 1. The lowest BCUT2D eigenvalue weighted by Gasteiger charge is -2.22. The molecule has 1 aromatic rings. The van der Waals surface area contributed by atoms with Gasteiger partial charge in [-0.05, 0) is 34.6 Å². The topological polar surface area (TPSA) is 92.5 Å². The second-order valence-corrected chi connectivity index (χ2v) is 5.68. The molecule has 1 unspecified atom stereocenters. The summed E-state index contributed by atoms with van der Waals surface area (Å²) < 4.78 is 0.697. The Kier molecular flexibility index (Phi) is 5.52. The number of carboxylic acids is 1. The van der Waals surface area contributed by atoms with Crippen molar-refractivity contribution in [3.05, 3.63) is 31.9 Å². The molecule has 0 aliphatic carbocycles. The summed E-state index contributed by atoms with van der Waals surface area (Å²) in [5.41, 5.74) is 0.737. The van der Waals surface area contributed by atoms with Crippen molar-refractivity contribution in [3.63, 3.8) is 0 Å². The van der Waals surface area contributed by atoms with Crippen molar-refractivity contribution in [2.45, 2.75) is 26.3 Å². The fraction of sp³-hybridized carbons (Fsp3) is 0.417. The molecule has 19 heavy (non-hydrogen) atoms. The summed E-state index contributed by atoms with van der Waals surface area (Å²) in [5, 5.41) is 22.6. The highest BCUT2D eigenvalue weighted by Gasteiger charge is 2.18. The first kappa shape index (κ1) is 15.7. The first-order chi connectivity index (χ1) is 8.81. The quantitative estimate of drug-likeness (QED) is 0.451. The van der Waals surface area contributed by atoms with Crippen LogP contribution in [0.1, 0.15) is 20.3 Å². The minimum absolute atomic E-state index is 0.00470. The zero-order valence-corrected chi connectivity index (χ0v) is 12.7. The summed E-state index contributed by atoms with van der Waals surface area (Å²) >= 11 is 2.00. The average molecular weight is 378 g/mol. The van der Waals surface area contributed by atoms with Crippen molar-refractivity contribution in [2.75, 3.05) is 5.32 Å². The molecular weight excluding hydrogens is 363 g/mol. The van der Waals surface area contributed by atoms with Gasteiger partial charge < -0.3 is 10.4 Å². The Morgan fingerprint density at radius 3 is 2.58 bits per heavy atom. The number of nitrogens with zero attached hydrogens (tertiary/aromatic N) is 1. The van der Waals surface area contributed by atoms with Crippen LogP contribution >= 0.6 is 22.6 Å². The molecule has 0 bridgehead atoms. The highest BCUT2D eigenvalue weighted by atomic mass is 127. The Labute approximate surface area is 124 Å². The van der Waals surface area contributed by atoms with E-state index < -0.39 is 10.9 Å². The van der Waals surface area contributed by atoms with Crippen LogP contribution in [-0.4, -0.2) is 22.0 Å². The third kappa shape index (κ3) is 4.66. The molecule has 0 saturated heterocycles. The molecule has 2 N–H and O–H groups in total. The number of hydrogen-bond donors (Lipinski definition) is 2. The van der Waals surface area contributed by atoms with Crippen molar-refractivity contribution in [1.82, 2.24) is 0 Å². The Morgan fingerprint density at radius 1 is 1.53 bits per heavy atom. The minimum Gasteiger partial charge on any atom is -0.481 e. The van der Waals surface area contributed by atoms with Gasteiger partial charge in [-0.2, -0.15) is 0 Å².